The van der Waals surface area contributed by atoms with Crippen molar-refractivity contribution in [2.24, 2.45) is 11.7 Å². The summed E-state index contributed by atoms with van der Waals surface area (Å²) in [6.45, 7) is 1.60. The summed E-state index contributed by atoms with van der Waals surface area (Å²) in [7, 11) is 0. The highest BCUT2D eigenvalue weighted by atomic mass is 16.2. The van der Waals surface area contributed by atoms with Crippen LogP contribution in [0.15, 0.2) is 42.7 Å². The van der Waals surface area contributed by atoms with Gasteiger partial charge in [-0.2, -0.15) is 5.10 Å². The molecule has 6 rings (SSSR count). The third-order valence-electron chi connectivity index (χ3n) is 7.21. The molecule has 7 nitrogen and oxygen atoms in total. The van der Waals surface area contributed by atoms with E-state index in [1.54, 1.807) is 6.07 Å². The van der Waals surface area contributed by atoms with Gasteiger partial charge in [0, 0.05) is 47.6 Å². The van der Waals surface area contributed by atoms with Gasteiger partial charge in [0.1, 0.15) is 5.69 Å². The molecule has 33 heavy (non-hydrogen) atoms. The van der Waals surface area contributed by atoms with Crippen molar-refractivity contribution in [3.05, 3.63) is 59.5 Å². The van der Waals surface area contributed by atoms with Crippen LogP contribution in [-0.2, 0) is 13.1 Å². The summed E-state index contributed by atoms with van der Waals surface area (Å²) in [5, 5.41) is 4.59. The van der Waals surface area contributed by atoms with E-state index in [-0.39, 0.29) is 11.6 Å². The third-order valence-corrected chi connectivity index (χ3v) is 7.21. The standard InChI is InChI=1S/C26H27N5O2/c27-25(32)23-10-9-21(19-12-28-30(14-19)13-16-3-1-2-4-16)24(29-23)17-5-6-18-15-31(20-7-8-20)26(33)22(18)11-17/h5-6,9-12,14,16,20H,1-4,7-8,13,15H2,(H2,27,32). The van der Waals surface area contributed by atoms with Crippen molar-refractivity contribution >= 4 is 11.8 Å². The maximum atomic E-state index is 13.0. The second-order valence-corrected chi connectivity index (χ2v) is 9.59. The number of nitrogens with zero attached hydrogens (tertiary/aromatic N) is 4. The molecule has 3 aromatic rings. The summed E-state index contributed by atoms with van der Waals surface area (Å²) in [6.07, 6.45) is 11.2. The van der Waals surface area contributed by atoms with E-state index in [0.717, 1.165) is 47.2 Å². The number of carbonyl (C=O) groups is 2. The fourth-order valence-electron chi connectivity index (χ4n) is 5.26. The van der Waals surface area contributed by atoms with Crippen molar-refractivity contribution in [1.82, 2.24) is 19.7 Å². The van der Waals surface area contributed by atoms with E-state index in [9.17, 15) is 9.59 Å². The van der Waals surface area contributed by atoms with Crippen LogP contribution in [0.25, 0.3) is 22.4 Å². The molecular formula is C26H27N5O2. The zero-order chi connectivity index (χ0) is 22.5. The van der Waals surface area contributed by atoms with E-state index in [1.807, 2.05) is 40.0 Å². The summed E-state index contributed by atoms with van der Waals surface area (Å²) < 4.78 is 2.01. The lowest BCUT2D eigenvalue weighted by Crippen LogP contribution is -2.25. The highest BCUT2D eigenvalue weighted by molar-refractivity contribution is 6.00. The highest BCUT2D eigenvalue weighted by Crippen LogP contribution is 2.38. The molecule has 0 bridgehead atoms. The van der Waals surface area contributed by atoms with Crippen molar-refractivity contribution < 1.29 is 9.59 Å². The van der Waals surface area contributed by atoms with Gasteiger partial charge in [0.05, 0.1) is 11.9 Å². The first-order valence-corrected chi connectivity index (χ1v) is 11.8. The van der Waals surface area contributed by atoms with Gasteiger partial charge in [-0.1, -0.05) is 25.0 Å². The molecule has 1 aliphatic heterocycles. The van der Waals surface area contributed by atoms with E-state index >= 15 is 0 Å². The van der Waals surface area contributed by atoms with Gasteiger partial charge in [-0.3, -0.25) is 14.3 Å². The Morgan fingerprint density at radius 2 is 1.85 bits per heavy atom. The van der Waals surface area contributed by atoms with Gasteiger partial charge in [0.15, 0.2) is 0 Å². The second kappa shape index (κ2) is 7.83. The van der Waals surface area contributed by atoms with Gasteiger partial charge in [0.2, 0.25) is 0 Å². The average molecular weight is 442 g/mol. The molecule has 0 radical (unpaired) electrons. The number of pyridine rings is 1. The maximum Gasteiger partial charge on any atom is 0.267 e. The Morgan fingerprint density at radius 3 is 2.61 bits per heavy atom. The number of fused-ring (bicyclic) bond motifs is 1. The van der Waals surface area contributed by atoms with Crippen molar-refractivity contribution in [2.45, 2.75) is 57.7 Å². The van der Waals surface area contributed by atoms with Crippen LogP contribution in [0.4, 0.5) is 0 Å². The molecule has 2 saturated carbocycles. The molecule has 2 amide bonds. The Hall–Kier alpha value is -3.48. The SMILES string of the molecule is NC(=O)c1ccc(-c2cnn(CC3CCCC3)c2)c(-c2ccc3c(c2)C(=O)N(C2CC2)C3)n1. The van der Waals surface area contributed by atoms with Crippen LogP contribution in [-0.4, -0.2) is 37.5 Å². The van der Waals surface area contributed by atoms with E-state index in [0.29, 0.717) is 24.2 Å². The largest absolute Gasteiger partial charge is 0.364 e. The van der Waals surface area contributed by atoms with Crippen LogP contribution in [0.1, 0.15) is 64.9 Å². The predicted octanol–water partition coefficient (Wildman–Crippen LogP) is 4.02. The summed E-state index contributed by atoms with van der Waals surface area (Å²) in [5.41, 5.74) is 10.8. The van der Waals surface area contributed by atoms with Crippen molar-refractivity contribution in [3.8, 4) is 22.4 Å². The van der Waals surface area contributed by atoms with E-state index in [1.165, 1.54) is 25.7 Å². The zero-order valence-corrected chi connectivity index (χ0v) is 18.5. The van der Waals surface area contributed by atoms with E-state index in [4.69, 9.17) is 5.73 Å². The number of rotatable bonds is 6. The summed E-state index contributed by atoms with van der Waals surface area (Å²) >= 11 is 0. The molecule has 3 aliphatic rings. The Labute approximate surface area is 192 Å². The number of benzene rings is 1. The minimum absolute atomic E-state index is 0.0892. The summed E-state index contributed by atoms with van der Waals surface area (Å²) in [4.78, 5) is 31.4. The second-order valence-electron chi connectivity index (χ2n) is 9.59. The predicted molar refractivity (Wildman–Crippen MR) is 124 cm³/mol. The van der Waals surface area contributed by atoms with Crippen LogP contribution >= 0.6 is 0 Å². The fraction of sp³-hybridized carbons (Fsp3) is 0.385. The summed E-state index contributed by atoms with van der Waals surface area (Å²) in [6, 6.07) is 9.83. The van der Waals surface area contributed by atoms with Crippen molar-refractivity contribution in [1.29, 1.82) is 0 Å². The van der Waals surface area contributed by atoms with E-state index in [2.05, 4.69) is 16.3 Å². The minimum atomic E-state index is -0.572. The molecule has 0 saturated heterocycles. The Morgan fingerprint density at radius 1 is 1.03 bits per heavy atom. The molecule has 7 heteroatoms. The molecule has 2 aliphatic carbocycles. The molecule has 168 valence electrons. The summed E-state index contributed by atoms with van der Waals surface area (Å²) in [5.74, 6) is 0.202. The van der Waals surface area contributed by atoms with Gasteiger partial charge in [-0.05, 0) is 55.4 Å². The molecule has 0 atom stereocenters. The van der Waals surface area contributed by atoms with Crippen LogP contribution in [0.2, 0.25) is 0 Å². The minimum Gasteiger partial charge on any atom is -0.364 e. The van der Waals surface area contributed by atoms with Crippen LogP contribution in [0.3, 0.4) is 0 Å². The lowest BCUT2D eigenvalue weighted by Gasteiger charge is -2.13. The maximum absolute atomic E-state index is 13.0. The fourth-order valence-corrected chi connectivity index (χ4v) is 5.26. The monoisotopic (exact) mass is 441 g/mol. The molecule has 3 heterocycles. The Bertz CT molecular complexity index is 1250. The lowest BCUT2D eigenvalue weighted by molar-refractivity contribution is 0.0766. The third kappa shape index (κ3) is 3.71. The van der Waals surface area contributed by atoms with Gasteiger partial charge < -0.3 is 10.6 Å². The Kier molecular flexibility index (Phi) is 4.78. The molecule has 2 N–H and O–H groups in total. The quantitative estimate of drug-likeness (QED) is 0.625. The van der Waals surface area contributed by atoms with Gasteiger partial charge in [-0.25, -0.2) is 4.98 Å². The molecule has 1 aromatic carbocycles. The first-order chi connectivity index (χ1) is 16.1. The molecule has 0 spiro atoms. The molecule has 2 aromatic heterocycles. The number of aromatic nitrogens is 3. The van der Waals surface area contributed by atoms with Crippen molar-refractivity contribution in [3.63, 3.8) is 0 Å². The van der Waals surface area contributed by atoms with Crippen LogP contribution in [0.5, 0.6) is 0 Å². The first-order valence-electron chi connectivity index (χ1n) is 11.8. The van der Waals surface area contributed by atoms with Crippen molar-refractivity contribution in [2.75, 3.05) is 0 Å². The van der Waals surface area contributed by atoms with Crippen LogP contribution in [0, 0.1) is 5.92 Å². The number of primary amides is 1. The normalized spacial score (nSPS) is 18.2. The number of hydrogen-bond acceptors (Lipinski definition) is 4. The topological polar surface area (TPSA) is 94.1 Å². The van der Waals surface area contributed by atoms with Gasteiger partial charge in [0.25, 0.3) is 11.8 Å². The molecular weight excluding hydrogens is 414 g/mol. The zero-order valence-electron chi connectivity index (χ0n) is 18.5. The first kappa shape index (κ1) is 20.1. The lowest BCUT2D eigenvalue weighted by atomic mass is 9.98. The van der Waals surface area contributed by atoms with Gasteiger partial charge >= 0.3 is 0 Å². The van der Waals surface area contributed by atoms with Gasteiger partial charge in [-0.15, -0.1) is 0 Å². The van der Waals surface area contributed by atoms with Crippen LogP contribution < -0.4 is 5.73 Å². The molecule has 2 fully saturated rings. The highest BCUT2D eigenvalue weighted by Gasteiger charge is 2.38. The Balaban J connectivity index is 1.38. The molecule has 0 unspecified atom stereocenters. The average Bonchev–Trinajstić information content (AvgIpc) is 3.19. The number of hydrogen-bond donors (Lipinski definition) is 1. The number of nitrogens with two attached hydrogens (primary N) is 1. The number of carbonyl (C=O) groups excluding carboxylic acids is 2. The van der Waals surface area contributed by atoms with E-state index < -0.39 is 5.91 Å². The smallest absolute Gasteiger partial charge is 0.267 e. The number of amides is 2.